The molecule has 2 aromatic heterocycles. The van der Waals surface area contributed by atoms with Gasteiger partial charge >= 0.3 is 6.03 Å². The number of nitrogens with zero attached hydrogens (tertiary/aromatic N) is 4. The summed E-state index contributed by atoms with van der Waals surface area (Å²) < 4.78 is 29.7. The van der Waals surface area contributed by atoms with Crippen molar-refractivity contribution in [3.63, 3.8) is 0 Å². The van der Waals surface area contributed by atoms with Gasteiger partial charge in [0.15, 0.2) is 5.82 Å². The molecule has 32 heavy (non-hydrogen) atoms. The number of hydrogen-bond donors (Lipinski definition) is 1. The Morgan fingerprint density at radius 1 is 1.00 bits per heavy atom. The summed E-state index contributed by atoms with van der Waals surface area (Å²) in [5, 5.41) is 2.79. The van der Waals surface area contributed by atoms with E-state index in [2.05, 4.69) is 10.2 Å². The maximum absolute atomic E-state index is 13.8. The highest BCUT2D eigenvalue weighted by atomic mass is 19.1. The first-order valence-corrected chi connectivity index (χ1v) is 10.6. The van der Waals surface area contributed by atoms with Gasteiger partial charge in [-0.3, -0.25) is 0 Å². The fraction of sp³-hybridized carbons (Fsp3) is 0.250. The van der Waals surface area contributed by atoms with Gasteiger partial charge in [-0.25, -0.2) is 18.6 Å². The standard InChI is InChI=1S/C24H23F2N5O/c1-16-5-7-18(15-19(16)26)27-24(32)30-10-3-9-29(12-13-30)23-22-4-2-11-31(22)21-8-6-17(25)14-20(21)28-23/h2,4-8,11,14-15H,3,9-10,12-13H2,1H3,(H,27,32). The summed E-state index contributed by atoms with van der Waals surface area (Å²) in [6.45, 7) is 4.07. The van der Waals surface area contributed by atoms with Gasteiger partial charge < -0.3 is 19.5 Å². The molecule has 5 rings (SSSR count). The highest BCUT2D eigenvalue weighted by molar-refractivity contribution is 5.89. The quantitative estimate of drug-likeness (QED) is 0.491. The Morgan fingerprint density at radius 3 is 2.72 bits per heavy atom. The number of aromatic nitrogens is 2. The number of halogens is 2. The summed E-state index contributed by atoms with van der Waals surface area (Å²) in [5.41, 5.74) is 3.34. The number of nitrogens with one attached hydrogen (secondary N) is 1. The first-order chi connectivity index (χ1) is 15.5. The average molecular weight is 435 g/mol. The monoisotopic (exact) mass is 435 g/mol. The molecular formula is C24H23F2N5O. The lowest BCUT2D eigenvalue weighted by atomic mass is 10.2. The van der Waals surface area contributed by atoms with Gasteiger partial charge in [0.2, 0.25) is 0 Å². The number of aryl methyl sites for hydroxylation is 1. The normalized spacial score (nSPS) is 14.7. The van der Waals surface area contributed by atoms with Crippen LogP contribution in [0.5, 0.6) is 0 Å². The molecule has 1 aliphatic rings. The predicted octanol–water partition coefficient (Wildman–Crippen LogP) is 4.82. The van der Waals surface area contributed by atoms with Crippen LogP contribution in [-0.4, -0.2) is 46.5 Å². The molecule has 6 nitrogen and oxygen atoms in total. The van der Waals surface area contributed by atoms with Crippen molar-refractivity contribution in [1.82, 2.24) is 14.3 Å². The number of urea groups is 1. The molecule has 0 unspecified atom stereocenters. The summed E-state index contributed by atoms with van der Waals surface area (Å²) in [5.74, 6) is 0.101. The Labute approximate surface area is 184 Å². The number of carbonyl (C=O) groups excluding carboxylic acids is 1. The smallest absolute Gasteiger partial charge is 0.321 e. The molecule has 0 radical (unpaired) electrons. The topological polar surface area (TPSA) is 52.9 Å². The second-order valence-corrected chi connectivity index (χ2v) is 8.05. The average Bonchev–Trinajstić information content (AvgIpc) is 3.13. The molecular weight excluding hydrogens is 412 g/mol. The van der Waals surface area contributed by atoms with Crippen molar-refractivity contribution in [2.24, 2.45) is 0 Å². The number of fused-ring (bicyclic) bond motifs is 3. The van der Waals surface area contributed by atoms with E-state index in [0.717, 1.165) is 29.8 Å². The summed E-state index contributed by atoms with van der Waals surface area (Å²) >= 11 is 0. The van der Waals surface area contributed by atoms with Crippen molar-refractivity contribution in [2.45, 2.75) is 13.3 Å². The minimum atomic E-state index is -0.347. The van der Waals surface area contributed by atoms with Crippen LogP contribution in [0.25, 0.3) is 16.6 Å². The van der Waals surface area contributed by atoms with Crippen LogP contribution in [0.4, 0.5) is 25.1 Å². The van der Waals surface area contributed by atoms with E-state index in [4.69, 9.17) is 4.98 Å². The van der Waals surface area contributed by atoms with Crippen molar-refractivity contribution in [3.8, 4) is 0 Å². The summed E-state index contributed by atoms with van der Waals surface area (Å²) in [7, 11) is 0. The van der Waals surface area contributed by atoms with Gasteiger partial charge in [-0.05, 0) is 55.3 Å². The van der Waals surface area contributed by atoms with Gasteiger partial charge in [-0.2, -0.15) is 0 Å². The summed E-state index contributed by atoms with van der Waals surface area (Å²) in [4.78, 5) is 21.4. The van der Waals surface area contributed by atoms with E-state index in [1.165, 1.54) is 18.2 Å². The molecule has 0 bridgehead atoms. The van der Waals surface area contributed by atoms with E-state index in [1.807, 2.05) is 22.7 Å². The van der Waals surface area contributed by atoms with E-state index in [0.29, 0.717) is 36.4 Å². The second-order valence-electron chi connectivity index (χ2n) is 8.05. The Hall–Kier alpha value is -3.68. The van der Waals surface area contributed by atoms with Crippen LogP contribution in [0.1, 0.15) is 12.0 Å². The Kier molecular flexibility index (Phi) is 5.13. The Morgan fingerprint density at radius 2 is 1.88 bits per heavy atom. The zero-order chi connectivity index (χ0) is 22.2. The lowest BCUT2D eigenvalue weighted by Gasteiger charge is -2.24. The molecule has 164 valence electrons. The number of benzene rings is 2. The van der Waals surface area contributed by atoms with Crippen molar-refractivity contribution >= 4 is 34.1 Å². The summed E-state index contributed by atoms with van der Waals surface area (Å²) in [6.07, 6.45) is 2.70. The van der Waals surface area contributed by atoms with Crippen LogP contribution in [0.2, 0.25) is 0 Å². The van der Waals surface area contributed by atoms with Crippen molar-refractivity contribution in [2.75, 3.05) is 36.4 Å². The Bertz CT molecular complexity index is 1320. The minimum Gasteiger partial charge on any atom is -0.353 e. The van der Waals surface area contributed by atoms with E-state index >= 15 is 0 Å². The lowest BCUT2D eigenvalue weighted by molar-refractivity contribution is 0.215. The molecule has 0 atom stereocenters. The third-order valence-corrected chi connectivity index (χ3v) is 5.91. The lowest BCUT2D eigenvalue weighted by Crippen LogP contribution is -2.38. The molecule has 2 aromatic carbocycles. The third-order valence-electron chi connectivity index (χ3n) is 5.91. The largest absolute Gasteiger partial charge is 0.353 e. The van der Waals surface area contributed by atoms with Gasteiger partial charge in [0.25, 0.3) is 0 Å². The fourth-order valence-electron chi connectivity index (χ4n) is 4.17. The zero-order valence-electron chi connectivity index (χ0n) is 17.7. The molecule has 3 heterocycles. The van der Waals surface area contributed by atoms with E-state index < -0.39 is 0 Å². The number of amides is 2. The molecule has 1 N–H and O–H groups in total. The van der Waals surface area contributed by atoms with Crippen LogP contribution in [0.15, 0.2) is 54.7 Å². The number of rotatable bonds is 2. The van der Waals surface area contributed by atoms with Crippen LogP contribution < -0.4 is 10.2 Å². The second kappa shape index (κ2) is 8.11. The number of hydrogen-bond acceptors (Lipinski definition) is 3. The van der Waals surface area contributed by atoms with Crippen LogP contribution in [0, 0.1) is 18.6 Å². The van der Waals surface area contributed by atoms with Gasteiger partial charge in [0.05, 0.1) is 16.6 Å². The van der Waals surface area contributed by atoms with E-state index in [-0.39, 0.29) is 17.7 Å². The van der Waals surface area contributed by atoms with Crippen LogP contribution in [0.3, 0.4) is 0 Å². The fourth-order valence-corrected chi connectivity index (χ4v) is 4.17. The molecule has 2 amide bonds. The maximum Gasteiger partial charge on any atom is 0.321 e. The van der Waals surface area contributed by atoms with Crippen LogP contribution >= 0.6 is 0 Å². The molecule has 0 saturated carbocycles. The third kappa shape index (κ3) is 3.72. The first kappa shape index (κ1) is 20.2. The summed E-state index contributed by atoms with van der Waals surface area (Å²) in [6, 6.07) is 13.0. The van der Waals surface area contributed by atoms with Crippen molar-refractivity contribution < 1.29 is 13.6 Å². The zero-order valence-corrected chi connectivity index (χ0v) is 17.7. The molecule has 1 saturated heterocycles. The molecule has 1 aliphatic heterocycles. The number of carbonyl (C=O) groups is 1. The van der Waals surface area contributed by atoms with Gasteiger partial charge in [-0.1, -0.05) is 6.07 Å². The predicted molar refractivity (Wildman–Crippen MR) is 121 cm³/mol. The SMILES string of the molecule is Cc1ccc(NC(=O)N2CCCN(c3nc4cc(F)ccc4n4cccc34)CC2)cc1F. The molecule has 8 heteroatoms. The van der Waals surface area contributed by atoms with Gasteiger partial charge in [0, 0.05) is 44.1 Å². The minimum absolute atomic E-state index is 0.253. The molecule has 0 spiro atoms. The molecule has 0 aliphatic carbocycles. The van der Waals surface area contributed by atoms with E-state index in [9.17, 15) is 13.6 Å². The van der Waals surface area contributed by atoms with Gasteiger partial charge in [-0.15, -0.1) is 0 Å². The molecule has 1 fully saturated rings. The number of anilines is 2. The maximum atomic E-state index is 13.8. The Balaban J connectivity index is 1.37. The van der Waals surface area contributed by atoms with Crippen LogP contribution in [-0.2, 0) is 0 Å². The van der Waals surface area contributed by atoms with Gasteiger partial charge in [0.1, 0.15) is 11.6 Å². The van der Waals surface area contributed by atoms with E-state index in [1.54, 1.807) is 30.0 Å². The highest BCUT2D eigenvalue weighted by Gasteiger charge is 2.22. The van der Waals surface area contributed by atoms with Crippen molar-refractivity contribution in [3.05, 3.63) is 71.9 Å². The highest BCUT2D eigenvalue weighted by Crippen LogP contribution is 2.27. The first-order valence-electron chi connectivity index (χ1n) is 10.6. The van der Waals surface area contributed by atoms with Crippen molar-refractivity contribution in [1.29, 1.82) is 0 Å². The molecule has 4 aromatic rings.